The molecule has 0 radical (unpaired) electrons. The number of carbonyl (C=O) groups is 1. The van der Waals surface area contributed by atoms with Crippen LogP contribution in [0.3, 0.4) is 0 Å². The average Bonchev–Trinajstić information content (AvgIpc) is 2.74. The van der Waals surface area contributed by atoms with Crippen molar-refractivity contribution in [2.45, 2.75) is 0 Å². The van der Waals surface area contributed by atoms with Crippen LogP contribution in [0.15, 0.2) is 28.2 Å². The van der Waals surface area contributed by atoms with Crippen LogP contribution in [-0.2, 0) is 0 Å². The predicted molar refractivity (Wildman–Crippen MR) is 69.9 cm³/mol. The summed E-state index contributed by atoms with van der Waals surface area (Å²) < 4.78 is 5.81. The first-order chi connectivity index (χ1) is 8.99. The minimum Gasteiger partial charge on any atom is -0.477 e. The lowest BCUT2D eigenvalue weighted by molar-refractivity contribution is -0.385. The molecule has 0 spiro atoms. The Morgan fingerprint density at radius 2 is 2.26 bits per heavy atom. The van der Waals surface area contributed by atoms with Crippen molar-refractivity contribution in [3.05, 3.63) is 43.9 Å². The maximum Gasteiger partial charge on any atom is 0.346 e. The predicted octanol–water partition coefficient (Wildman–Crippen LogP) is 3.30. The topological polar surface area (TPSA) is 103 Å². The van der Waals surface area contributed by atoms with Crippen molar-refractivity contribution in [1.29, 1.82) is 0 Å². The number of carboxylic acids is 1. The molecule has 0 aliphatic carbocycles. The van der Waals surface area contributed by atoms with Crippen molar-refractivity contribution in [2.24, 2.45) is 0 Å². The molecule has 0 saturated carbocycles. The zero-order valence-corrected chi connectivity index (χ0v) is 11.5. The van der Waals surface area contributed by atoms with Gasteiger partial charge in [-0.2, -0.15) is 4.98 Å². The Morgan fingerprint density at radius 1 is 1.53 bits per heavy atom. The molecule has 2 aromatic rings. The third-order valence-electron chi connectivity index (χ3n) is 2.07. The summed E-state index contributed by atoms with van der Waals surface area (Å²) in [5, 5.41) is 21.7. The van der Waals surface area contributed by atoms with Gasteiger partial charge in [-0.05, 0) is 22.0 Å². The van der Waals surface area contributed by atoms with E-state index >= 15 is 0 Å². The van der Waals surface area contributed by atoms with Gasteiger partial charge in [0.25, 0.3) is 10.9 Å². The number of hydrogen-bond acceptors (Lipinski definition) is 6. The fraction of sp³-hybridized carbons (Fsp3) is 0. The van der Waals surface area contributed by atoms with Gasteiger partial charge in [-0.25, -0.2) is 4.79 Å². The molecule has 0 fully saturated rings. The van der Waals surface area contributed by atoms with Gasteiger partial charge in [0.2, 0.25) is 0 Å². The van der Waals surface area contributed by atoms with Crippen molar-refractivity contribution in [3.8, 4) is 10.9 Å². The first-order valence-electron chi connectivity index (χ1n) is 4.78. The van der Waals surface area contributed by atoms with Crippen LogP contribution in [0, 0.1) is 10.1 Å². The number of carboxylic acid groups (broad SMARTS) is 1. The molecule has 19 heavy (non-hydrogen) atoms. The second-order valence-electron chi connectivity index (χ2n) is 3.25. The highest BCUT2D eigenvalue weighted by Gasteiger charge is 2.25. The Hall–Kier alpha value is -2.00. The molecule has 7 nitrogen and oxygen atoms in total. The van der Waals surface area contributed by atoms with Crippen LogP contribution < -0.4 is 4.74 Å². The number of hydrogen-bond donors (Lipinski definition) is 1. The second-order valence-corrected chi connectivity index (χ2v) is 4.88. The zero-order valence-electron chi connectivity index (χ0n) is 9.07. The SMILES string of the molecule is O=C(O)c1c(Oc2nc(Br)cs2)cccc1[N+](=O)[O-]. The maximum atomic E-state index is 11.1. The van der Waals surface area contributed by atoms with E-state index in [0.717, 1.165) is 17.4 Å². The van der Waals surface area contributed by atoms with Crippen molar-refractivity contribution in [2.75, 3.05) is 0 Å². The van der Waals surface area contributed by atoms with E-state index in [9.17, 15) is 14.9 Å². The van der Waals surface area contributed by atoms with E-state index in [4.69, 9.17) is 9.84 Å². The fourth-order valence-corrected chi connectivity index (χ4v) is 2.45. The maximum absolute atomic E-state index is 11.1. The van der Waals surface area contributed by atoms with Gasteiger partial charge < -0.3 is 9.84 Å². The number of nitro groups is 1. The van der Waals surface area contributed by atoms with E-state index in [1.165, 1.54) is 12.1 Å². The molecule has 0 aliphatic rings. The van der Waals surface area contributed by atoms with E-state index < -0.39 is 22.1 Å². The van der Waals surface area contributed by atoms with E-state index in [1.807, 2.05) is 0 Å². The third kappa shape index (κ3) is 2.88. The van der Waals surface area contributed by atoms with Gasteiger partial charge in [-0.1, -0.05) is 17.4 Å². The van der Waals surface area contributed by atoms with Gasteiger partial charge in [-0.15, -0.1) is 0 Å². The van der Waals surface area contributed by atoms with E-state index in [0.29, 0.717) is 4.60 Å². The smallest absolute Gasteiger partial charge is 0.346 e. The average molecular weight is 345 g/mol. The number of aromatic carboxylic acids is 1. The fourth-order valence-electron chi connectivity index (χ4n) is 1.35. The second kappa shape index (κ2) is 5.33. The lowest BCUT2D eigenvalue weighted by atomic mass is 10.1. The Bertz CT molecular complexity index is 657. The summed E-state index contributed by atoms with van der Waals surface area (Å²) >= 11 is 4.26. The lowest BCUT2D eigenvalue weighted by Gasteiger charge is -2.05. The van der Waals surface area contributed by atoms with Gasteiger partial charge >= 0.3 is 5.97 Å². The minimum absolute atomic E-state index is 0.122. The third-order valence-corrected chi connectivity index (χ3v) is 3.49. The van der Waals surface area contributed by atoms with Gasteiger partial charge in [0, 0.05) is 11.4 Å². The van der Waals surface area contributed by atoms with Crippen molar-refractivity contribution in [3.63, 3.8) is 0 Å². The lowest BCUT2D eigenvalue weighted by Crippen LogP contribution is -2.05. The monoisotopic (exact) mass is 344 g/mol. The molecule has 0 atom stereocenters. The first-order valence-corrected chi connectivity index (χ1v) is 6.46. The Kier molecular flexibility index (Phi) is 3.76. The largest absolute Gasteiger partial charge is 0.477 e. The van der Waals surface area contributed by atoms with Crippen molar-refractivity contribution < 1.29 is 19.6 Å². The summed E-state index contributed by atoms with van der Waals surface area (Å²) in [5.74, 6) is -1.55. The molecular weight excluding hydrogens is 340 g/mol. The number of benzene rings is 1. The number of aromatic nitrogens is 1. The molecular formula is C10H5BrN2O5S. The number of nitrogens with zero attached hydrogens (tertiary/aromatic N) is 2. The van der Waals surface area contributed by atoms with Crippen LogP contribution in [0.1, 0.15) is 10.4 Å². The Balaban J connectivity index is 2.47. The molecule has 98 valence electrons. The number of thiazole rings is 1. The normalized spacial score (nSPS) is 10.2. The van der Waals surface area contributed by atoms with Crippen LogP contribution in [0.2, 0.25) is 0 Å². The Labute approximate surface area is 118 Å². The summed E-state index contributed by atoms with van der Waals surface area (Å²) in [6.07, 6.45) is 0. The van der Waals surface area contributed by atoms with E-state index in [1.54, 1.807) is 5.38 Å². The van der Waals surface area contributed by atoms with Gasteiger partial charge in [0.15, 0.2) is 11.3 Å². The highest BCUT2D eigenvalue weighted by molar-refractivity contribution is 9.10. The minimum atomic E-state index is -1.43. The molecule has 1 N–H and O–H groups in total. The number of halogens is 1. The molecule has 0 unspecified atom stereocenters. The molecule has 0 aliphatic heterocycles. The molecule has 1 aromatic heterocycles. The zero-order chi connectivity index (χ0) is 14.0. The van der Waals surface area contributed by atoms with Crippen molar-refractivity contribution in [1.82, 2.24) is 4.98 Å². The summed E-state index contributed by atoms with van der Waals surface area (Å²) in [5.41, 5.74) is -1.03. The summed E-state index contributed by atoms with van der Waals surface area (Å²) in [4.78, 5) is 25.1. The molecule has 0 amide bonds. The van der Waals surface area contributed by atoms with Gasteiger partial charge in [0.1, 0.15) is 4.60 Å². The Morgan fingerprint density at radius 3 is 2.79 bits per heavy atom. The summed E-state index contributed by atoms with van der Waals surface area (Å²) in [6, 6.07) is 3.79. The van der Waals surface area contributed by atoms with E-state index in [-0.39, 0.29) is 10.9 Å². The number of rotatable bonds is 4. The quantitative estimate of drug-likeness (QED) is 0.674. The van der Waals surface area contributed by atoms with Gasteiger partial charge in [-0.3, -0.25) is 10.1 Å². The van der Waals surface area contributed by atoms with E-state index in [2.05, 4.69) is 20.9 Å². The van der Waals surface area contributed by atoms with Crippen LogP contribution in [-0.4, -0.2) is 21.0 Å². The molecule has 2 rings (SSSR count). The van der Waals surface area contributed by atoms with Crippen LogP contribution >= 0.6 is 27.3 Å². The number of nitro benzene ring substituents is 1. The van der Waals surface area contributed by atoms with Crippen LogP contribution in [0.25, 0.3) is 0 Å². The first kappa shape index (κ1) is 13.4. The van der Waals surface area contributed by atoms with Gasteiger partial charge in [0.05, 0.1) is 4.92 Å². The van der Waals surface area contributed by atoms with Crippen LogP contribution in [0.5, 0.6) is 10.9 Å². The van der Waals surface area contributed by atoms with Crippen molar-refractivity contribution >= 4 is 38.9 Å². The highest BCUT2D eigenvalue weighted by atomic mass is 79.9. The molecule has 9 heteroatoms. The number of ether oxygens (including phenoxy) is 1. The molecule has 1 aromatic carbocycles. The summed E-state index contributed by atoms with van der Waals surface area (Å²) in [7, 11) is 0. The molecule has 0 saturated heterocycles. The van der Waals surface area contributed by atoms with Crippen LogP contribution in [0.4, 0.5) is 5.69 Å². The highest BCUT2D eigenvalue weighted by Crippen LogP contribution is 2.33. The molecule has 0 bridgehead atoms. The molecule has 1 heterocycles. The summed E-state index contributed by atoms with van der Waals surface area (Å²) in [6.45, 7) is 0. The standard InChI is InChI=1S/C10H5BrN2O5S/c11-7-4-19-10(12-7)18-6-3-1-2-5(13(16)17)8(6)9(14)15/h1-4H,(H,14,15).